The highest BCUT2D eigenvalue weighted by atomic mass is 16.6. The van der Waals surface area contributed by atoms with Crippen LogP contribution in [-0.2, 0) is 19.1 Å². The molecule has 0 amide bonds. The lowest BCUT2D eigenvalue weighted by atomic mass is 10.0. The Balaban J connectivity index is 1.80. The number of carbonyl (C=O) groups is 3. The minimum Gasteiger partial charge on any atom is -0.490 e. The van der Waals surface area contributed by atoms with Crippen LogP contribution in [-0.4, -0.2) is 70.5 Å². The summed E-state index contributed by atoms with van der Waals surface area (Å²) in [7, 11) is 0. The molecule has 476 valence electrons. The average molecular weight is 1170 g/mol. The van der Waals surface area contributed by atoms with Gasteiger partial charge >= 0.3 is 11.7 Å². The first-order valence-electron chi connectivity index (χ1n) is 34.5. The van der Waals surface area contributed by atoms with E-state index in [4.69, 9.17) is 23.7 Å². The van der Waals surface area contributed by atoms with Gasteiger partial charge in [-0.15, -0.1) is 0 Å². The van der Waals surface area contributed by atoms with Crippen molar-refractivity contribution in [2.24, 2.45) is 0 Å². The van der Waals surface area contributed by atoms with Crippen LogP contribution in [0.5, 0.6) is 17.2 Å². The van der Waals surface area contributed by atoms with Crippen molar-refractivity contribution in [3.05, 3.63) is 50.3 Å². The Bertz CT molecular complexity index is 2060. The van der Waals surface area contributed by atoms with Gasteiger partial charge in [0, 0.05) is 30.2 Å². The van der Waals surface area contributed by atoms with Crippen molar-refractivity contribution >= 4 is 17.7 Å². The molecule has 0 aliphatic carbocycles. The van der Waals surface area contributed by atoms with E-state index in [1.165, 1.54) is 232 Å². The van der Waals surface area contributed by atoms with Crippen molar-refractivity contribution in [2.45, 2.75) is 342 Å². The monoisotopic (exact) mass is 1160 g/mol. The lowest BCUT2D eigenvalue weighted by molar-refractivity contribution is -0.153. The third kappa shape index (κ3) is 32.4. The number of nitrogens with zero attached hydrogens (tertiary/aromatic N) is 2. The third-order valence-corrected chi connectivity index (χ3v) is 16.6. The number of unbranched alkanes of at least 4 members (excludes halogenated alkanes) is 39. The van der Waals surface area contributed by atoms with E-state index in [9.17, 15) is 29.1 Å². The first-order chi connectivity index (χ1) is 40.6. The molecule has 1 aromatic carbocycles. The van der Waals surface area contributed by atoms with Crippen LogP contribution in [0.25, 0.3) is 0 Å². The van der Waals surface area contributed by atoms with Crippen LogP contribution in [0.2, 0.25) is 0 Å². The second-order valence-electron chi connectivity index (χ2n) is 24.4. The Morgan fingerprint density at radius 2 is 0.867 bits per heavy atom. The van der Waals surface area contributed by atoms with E-state index in [1.54, 1.807) is 12.1 Å². The van der Waals surface area contributed by atoms with Gasteiger partial charge in [-0.3, -0.25) is 19.0 Å². The third-order valence-electron chi connectivity index (χ3n) is 16.6. The fraction of sp³-hybridized carbons (Fsp3) is 0.814. The summed E-state index contributed by atoms with van der Waals surface area (Å²) >= 11 is 0. The molecule has 0 saturated carbocycles. The number of rotatable bonds is 55. The summed E-state index contributed by atoms with van der Waals surface area (Å²) in [4.78, 5) is 67.4. The molecule has 1 aliphatic heterocycles. The predicted octanol–water partition coefficient (Wildman–Crippen LogP) is 18.1. The molecular weight excluding hydrogens is 1040 g/mol. The summed E-state index contributed by atoms with van der Waals surface area (Å²) in [6.45, 7) is 10.4. The number of benzene rings is 1. The number of aromatic nitrogens is 2. The zero-order valence-electron chi connectivity index (χ0n) is 53.5. The molecule has 2 aromatic rings. The van der Waals surface area contributed by atoms with Crippen molar-refractivity contribution in [3.63, 3.8) is 0 Å². The molecule has 1 fully saturated rings. The van der Waals surface area contributed by atoms with Crippen LogP contribution in [0.1, 0.15) is 339 Å². The topological polar surface area (TPSA) is 162 Å². The first-order valence-corrected chi connectivity index (χ1v) is 34.5. The van der Waals surface area contributed by atoms with E-state index in [2.05, 4.69) is 20.8 Å². The van der Waals surface area contributed by atoms with Crippen molar-refractivity contribution in [2.75, 3.05) is 26.4 Å². The maximum Gasteiger partial charge on any atom is 0.340 e. The fourth-order valence-electron chi connectivity index (χ4n) is 11.4. The summed E-state index contributed by atoms with van der Waals surface area (Å²) in [6.07, 6.45) is 50.5. The number of carbonyl (C=O) groups excluding carboxylic acids is 3. The van der Waals surface area contributed by atoms with Gasteiger partial charge in [-0.05, 0) is 45.2 Å². The van der Waals surface area contributed by atoms with Crippen molar-refractivity contribution in [1.82, 2.24) is 9.13 Å². The Kier molecular flexibility index (Phi) is 42.5. The summed E-state index contributed by atoms with van der Waals surface area (Å²) in [5, 5.41) is 10.2. The average Bonchev–Trinajstić information content (AvgIpc) is 3.64. The maximum atomic E-state index is 14.8. The van der Waals surface area contributed by atoms with Gasteiger partial charge in [0.25, 0.3) is 11.5 Å². The zero-order chi connectivity index (χ0) is 60.0. The lowest BCUT2D eigenvalue weighted by Gasteiger charge is -2.20. The fourth-order valence-corrected chi connectivity index (χ4v) is 11.4. The van der Waals surface area contributed by atoms with Crippen molar-refractivity contribution in [1.29, 1.82) is 0 Å². The molecule has 0 radical (unpaired) electrons. The standard InChI is InChI=1S/C70H120N2O11/c1-6-9-12-15-18-21-24-27-30-33-36-39-42-45-50-79-62-53-60(69(77)72-68(76)58(4)56-71(70(72)78)65-55-61(64(57-73)82-65)83-66(75)49-48-59(5)74)54-63(80-51-46-43-40-37-34-31-28-25-22-19-16-13-10-7-2)67(62)81-52-47-44-41-38-35-32-29-26-23-20-17-14-11-8-3/h53-54,56,61,64-65,73H,6-52,55,57H2,1-5H3/t61?,64-,65-/m1/s1. The number of Topliss-reactive ketones (excluding diaryl/α,β-unsaturated/α-hetero) is 1. The van der Waals surface area contributed by atoms with Gasteiger partial charge in [0.15, 0.2) is 11.5 Å². The molecule has 1 aliphatic rings. The van der Waals surface area contributed by atoms with E-state index < -0.39 is 48.2 Å². The molecule has 1 unspecified atom stereocenters. The zero-order valence-corrected chi connectivity index (χ0v) is 53.5. The molecule has 13 heteroatoms. The predicted molar refractivity (Wildman–Crippen MR) is 339 cm³/mol. The Labute approximate surface area is 503 Å². The summed E-state index contributed by atoms with van der Waals surface area (Å²) in [5.41, 5.74) is -1.58. The second kappa shape index (κ2) is 48.2. The lowest BCUT2D eigenvalue weighted by Crippen LogP contribution is -2.45. The molecule has 1 saturated heterocycles. The first kappa shape index (κ1) is 73.3. The van der Waals surface area contributed by atoms with Gasteiger partial charge in [-0.1, -0.05) is 271 Å². The minimum absolute atomic E-state index is 0.0103. The van der Waals surface area contributed by atoms with Crippen LogP contribution in [0.3, 0.4) is 0 Å². The van der Waals surface area contributed by atoms with Gasteiger partial charge in [0.1, 0.15) is 24.2 Å². The van der Waals surface area contributed by atoms with E-state index in [0.29, 0.717) is 41.6 Å². The molecule has 3 rings (SSSR count). The molecule has 2 heterocycles. The highest BCUT2D eigenvalue weighted by Gasteiger charge is 2.40. The maximum absolute atomic E-state index is 14.8. The van der Waals surface area contributed by atoms with E-state index in [-0.39, 0.29) is 36.2 Å². The van der Waals surface area contributed by atoms with Gasteiger partial charge in [0.05, 0.1) is 32.8 Å². The van der Waals surface area contributed by atoms with E-state index in [1.807, 2.05) is 0 Å². The second-order valence-corrected chi connectivity index (χ2v) is 24.4. The molecular formula is C70H120N2O11. The highest BCUT2D eigenvalue weighted by Crippen LogP contribution is 2.40. The highest BCUT2D eigenvalue weighted by molar-refractivity contribution is 5.97. The number of esters is 1. The van der Waals surface area contributed by atoms with Crippen LogP contribution in [0.4, 0.5) is 0 Å². The SMILES string of the molecule is CCCCCCCCCCCCCCCCOc1cc(C(=O)n2c(=O)c(C)cn([C@H]3CC(OC(=O)CCC(C)=O)[C@@H](CO)O3)c2=O)cc(OCCCCCCCCCCCCCCCC)c1OCCCCCCCCCCCCCCCC. The number of hydrogen-bond donors (Lipinski definition) is 1. The largest absolute Gasteiger partial charge is 0.490 e. The number of hydrogen-bond acceptors (Lipinski definition) is 11. The van der Waals surface area contributed by atoms with Crippen LogP contribution in [0, 0.1) is 6.92 Å². The molecule has 1 aromatic heterocycles. The number of aryl methyl sites for hydroxylation is 1. The normalized spacial score (nSPS) is 15.0. The molecule has 3 atom stereocenters. The number of ether oxygens (including phenoxy) is 5. The van der Waals surface area contributed by atoms with Gasteiger partial charge in [-0.25, -0.2) is 4.79 Å². The van der Waals surface area contributed by atoms with Crippen molar-refractivity contribution in [3.8, 4) is 17.2 Å². The van der Waals surface area contributed by atoms with E-state index >= 15 is 0 Å². The van der Waals surface area contributed by atoms with Crippen LogP contribution < -0.4 is 25.5 Å². The molecule has 83 heavy (non-hydrogen) atoms. The summed E-state index contributed by atoms with van der Waals surface area (Å²) < 4.78 is 33.1. The molecule has 0 bridgehead atoms. The van der Waals surface area contributed by atoms with Crippen LogP contribution in [0.15, 0.2) is 27.9 Å². The molecule has 0 spiro atoms. The summed E-state index contributed by atoms with van der Waals surface area (Å²) in [6, 6.07) is 3.16. The van der Waals surface area contributed by atoms with Crippen LogP contribution >= 0.6 is 0 Å². The Morgan fingerprint density at radius 1 is 0.518 bits per heavy atom. The van der Waals surface area contributed by atoms with E-state index in [0.717, 1.165) is 62.4 Å². The smallest absolute Gasteiger partial charge is 0.340 e. The van der Waals surface area contributed by atoms with Gasteiger partial charge in [0.2, 0.25) is 5.75 Å². The van der Waals surface area contributed by atoms with Crippen molar-refractivity contribution < 1.29 is 43.2 Å². The number of ketones is 1. The molecule has 1 N–H and O–H groups in total. The minimum atomic E-state index is -1.07. The van der Waals surface area contributed by atoms with Gasteiger partial charge < -0.3 is 33.6 Å². The Hall–Kier alpha value is -3.97. The Morgan fingerprint density at radius 3 is 1.22 bits per heavy atom. The van der Waals surface area contributed by atoms with Gasteiger partial charge in [-0.2, -0.15) is 4.57 Å². The molecule has 13 nitrogen and oxygen atoms in total. The quantitative estimate of drug-likeness (QED) is 0.0496. The summed E-state index contributed by atoms with van der Waals surface area (Å²) in [5.74, 6) is -0.542. The number of aliphatic hydroxyl groups excluding tert-OH is 1. The number of aliphatic hydroxyl groups is 1.